The fourth-order valence-corrected chi connectivity index (χ4v) is 2.46. The maximum absolute atomic E-state index is 12.5. The first-order valence-electron chi connectivity index (χ1n) is 8.29. The molecule has 0 aliphatic rings. The van der Waals surface area contributed by atoms with E-state index >= 15 is 0 Å². The van der Waals surface area contributed by atoms with Crippen molar-refractivity contribution < 1.29 is 19.4 Å². The van der Waals surface area contributed by atoms with E-state index in [9.17, 15) is 14.7 Å². The number of nitrogens with one attached hydrogen (secondary N) is 2. The topological polar surface area (TPSA) is 87.7 Å². The smallest absolute Gasteiger partial charge is 0.273 e. The Morgan fingerprint density at radius 2 is 1.30 bits per heavy atom. The summed E-state index contributed by atoms with van der Waals surface area (Å²) in [6.07, 6.45) is 0. The number of amides is 2. The van der Waals surface area contributed by atoms with Crippen LogP contribution in [0.4, 0.5) is 0 Å². The van der Waals surface area contributed by atoms with Crippen LogP contribution < -0.4 is 15.6 Å². The molecule has 0 saturated heterocycles. The molecule has 0 heterocycles. The molecule has 3 rings (SSSR count). The highest BCUT2D eigenvalue weighted by Crippen LogP contribution is 2.16. The Kier molecular flexibility index (Phi) is 5.69. The zero-order valence-electron chi connectivity index (χ0n) is 14.4. The van der Waals surface area contributed by atoms with Crippen molar-refractivity contribution in [2.75, 3.05) is 0 Å². The molecular formula is C21H18N2O4. The minimum absolute atomic E-state index is 0.0681. The second-order valence-corrected chi connectivity index (χ2v) is 5.68. The van der Waals surface area contributed by atoms with E-state index in [1.54, 1.807) is 36.4 Å². The number of phenolic OH excluding ortho intramolecular Hbond substituents is 1. The number of carbonyl (C=O) groups is 2. The molecule has 6 heteroatoms. The molecule has 0 saturated carbocycles. The Labute approximate surface area is 156 Å². The molecule has 0 atom stereocenters. The molecule has 136 valence electrons. The molecule has 3 N–H and O–H groups in total. The van der Waals surface area contributed by atoms with Crippen LogP contribution in [0.3, 0.4) is 0 Å². The van der Waals surface area contributed by atoms with Gasteiger partial charge in [-0.15, -0.1) is 0 Å². The van der Waals surface area contributed by atoms with Gasteiger partial charge in [0.25, 0.3) is 11.8 Å². The van der Waals surface area contributed by atoms with Crippen LogP contribution in [0.25, 0.3) is 0 Å². The number of ether oxygens (including phenoxy) is 1. The van der Waals surface area contributed by atoms with Crippen molar-refractivity contribution in [2.45, 2.75) is 6.61 Å². The third-order valence-electron chi connectivity index (χ3n) is 3.84. The van der Waals surface area contributed by atoms with Gasteiger partial charge in [-0.1, -0.05) is 48.5 Å². The summed E-state index contributed by atoms with van der Waals surface area (Å²) in [4.78, 5) is 24.5. The second kappa shape index (κ2) is 8.53. The molecule has 0 aliphatic carbocycles. The molecule has 6 nitrogen and oxygen atoms in total. The Morgan fingerprint density at radius 1 is 0.741 bits per heavy atom. The summed E-state index contributed by atoms with van der Waals surface area (Å²) in [5, 5.41) is 9.70. The maximum Gasteiger partial charge on any atom is 0.273 e. The van der Waals surface area contributed by atoms with Gasteiger partial charge in [0.1, 0.15) is 18.1 Å². The lowest BCUT2D eigenvalue weighted by atomic mass is 10.1. The van der Waals surface area contributed by atoms with Crippen molar-refractivity contribution in [3.05, 3.63) is 95.6 Å². The predicted molar refractivity (Wildman–Crippen MR) is 100 cm³/mol. The molecule has 0 unspecified atom stereocenters. The van der Waals surface area contributed by atoms with Crippen LogP contribution in [0.1, 0.15) is 26.3 Å². The number of hydrazine groups is 1. The Balaban J connectivity index is 1.65. The number of aromatic hydroxyl groups is 1. The summed E-state index contributed by atoms with van der Waals surface area (Å²) in [6.45, 7) is 0.209. The van der Waals surface area contributed by atoms with Gasteiger partial charge in [-0.05, 0) is 30.3 Å². The Morgan fingerprint density at radius 3 is 2.00 bits per heavy atom. The van der Waals surface area contributed by atoms with Crippen molar-refractivity contribution in [1.29, 1.82) is 0 Å². The molecule has 0 aliphatic heterocycles. The lowest BCUT2D eigenvalue weighted by molar-refractivity contribution is 0.0843. The maximum atomic E-state index is 12.5. The van der Waals surface area contributed by atoms with E-state index in [0.29, 0.717) is 16.9 Å². The van der Waals surface area contributed by atoms with Crippen molar-refractivity contribution in [3.8, 4) is 11.5 Å². The van der Waals surface area contributed by atoms with Crippen LogP contribution in [-0.4, -0.2) is 16.9 Å². The van der Waals surface area contributed by atoms with Crippen molar-refractivity contribution in [1.82, 2.24) is 10.9 Å². The Bertz CT molecular complexity index is 942. The van der Waals surface area contributed by atoms with Crippen molar-refractivity contribution in [3.63, 3.8) is 0 Å². The molecule has 0 fully saturated rings. The summed E-state index contributed by atoms with van der Waals surface area (Å²) >= 11 is 0. The first kappa shape index (κ1) is 18.0. The molecule has 0 spiro atoms. The highest BCUT2D eigenvalue weighted by Gasteiger charge is 2.14. The molecule has 0 aromatic heterocycles. The summed E-state index contributed by atoms with van der Waals surface area (Å²) in [7, 11) is 0. The zero-order valence-corrected chi connectivity index (χ0v) is 14.4. The number of benzene rings is 3. The molecule has 3 aromatic carbocycles. The SMILES string of the molecule is O=C(NNC(=O)c1ccccc1COc1ccccc1)c1ccccc1O. The lowest BCUT2D eigenvalue weighted by Crippen LogP contribution is -2.42. The monoisotopic (exact) mass is 362 g/mol. The van der Waals surface area contributed by atoms with Gasteiger partial charge in [-0.2, -0.15) is 0 Å². The summed E-state index contributed by atoms with van der Waals surface area (Å²) in [6, 6.07) is 22.3. The van der Waals surface area contributed by atoms with Gasteiger partial charge < -0.3 is 9.84 Å². The van der Waals surface area contributed by atoms with Gasteiger partial charge >= 0.3 is 0 Å². The number of carbonyl (C=O) groups excluding carboxylic acids is 2. The first-order chi connectivity index (χ1) is 13.1. The van der Waals surface area contributed by atoms with E-state index in [1.807, 2.05) is 30.3 Å². The minimum atomic E-state index is -0.612. The summed E-state index contributed by atoms with van der Waals surface area (Å²) in [5.74, 6) is -0.563. The van der Waals surface area contributed by atoms with Crippen LogP contribution in [0.2, 0.25) is 0 Å². The van der Waals surface area contributed by atoms with Crippen LogP contribution in [0.5, 0.6) is 11.5 Å². The summed E-state index contributed by atoms with van der Waals surface area (Å²) in [5.41, 5.74) is 5.78. The van der Waals surface area contributed by atoms with E-state index in [4.69, 9.17) is 4.74 Å². The van der Waals surface area contributed by atoms with Gasteiger partial charge in [0.2, 0.25) is 0 Å². The number of hydrogen-bond donors (Lipinski definition) is 3. The van der Waals surface area contributed by atoms with E-state index < -0.39 is 11.8 Å². The van der Waals surface area contributed by atoms with E-state index in [-0.39, 0.29) is 17.9 Å². The van der Waals surface area contributed by atoms with Gasteiger partial charge in [0.05, 0.1) is 5.56 Å². The fraction of sp³-hybridized carbons (Fsp3) is 0.0476. The third kappa shape index (κ3) is 4.64. The molecule has 0 bridgehead atoms. The lowest BCUT2D eigenvalue weighted by Gasteiger charge is -2.12. The van der Waals surface area contributed by atoms with Crippen LogP contribution in [0, 0.1) is 0 Å². The van der Waals surface area contributed by atoms with Gasteiger partial charge in [0.15, 0.2) is 0 Å². The quantitative estimate of drug-likeness (QED) is 0.609. The predicted octanol–water partition coefficient (Wildman–Crippen LogP) is 3.05. The van der Waals surface area contributed by atoms with Gasteiger partial charge in [-0.25, -0.2) is 0 Å². The molecule has 0 radical (unpaired) electrons. The zero-order chi connectivity index (χ0) is 19.1. The number of para-hydroxylation sites is 2. The second-order valence-electron chi connectivity index (χ2n) is 5.68. The van der Waals surface area contributed by atoms with Crippen molar-refractivity contribution in [2.24, 2.45) is 0 Å². The molecule has 27 heavy (non-hydrogen) atoms. The standard InChI is InChI=1S/C21H18N2O4/c24-19-13-7-6-12-18(19)21(26)23-22-20(25)17-11-5-4-8-15(17)14-27-16-9-2-1-3-10-16/h1-13,24H,14H2,(H,22,25)(H,23,26). The normalized spacial score (nSPS) is 10.1. The number of rotatable bonds is 5. The summed E-state index contributed by atoms with van der Waals surface area (Å²) < 4.78 is 5.69. The van der Waals surface area contributed by atoms with E-state index in [1.165, 1.54) is 12.1 Å². The Hall–Kier alpha value is -3.80. The first-order valence-corrected chi connectivity index (χ1v) is 8.29. The highest BCUT2D eigenvalue weighted by molar-refractivity contribution is 6.00. The molecule has 3 aromatic rings. The van der Waals surface area contributed by atoms with Crippen LogP contribution in [-0.2, 0) is 6.61 Å². The minimum Gasteiger partial charge on any atom is -0.507 e. The average Bonchev–Trinajstić information content (AvgIpc) is 2.71. The molecule has 2 amide bonds. The number of phenols is 1. The number of hydrogen-bond acceptors (Lipinski definition) is 4. The van der Waals surface area contributed by atoms with E-state index in [2.05, 4.69) is 10.9 Å². The van der Waals surface area contributed by atoms with Gasteiger partial charge in [-0.3, -0.25) is 20.4 Å². The van der Waals surface area contributed by atoms with E-state index in [0.717, 1.165) is 0 Å². The third-order valence-corrected chi connectivity index (χ3v) is 3.84. The average molecular weight is 362 g/mol. The van der Waals surface area contributed by atoms with Crippen LogP contribution >= 0.6 is 0 Å². The van der Waals surface area contributed by atoms with Gasteiger partial charge in [0, 0.05) is 11.1 Å². The fourth-order valence-electron chi connectivity index (χ4n) is 2.46. The van der Waals surface area contributed by atoms with Crippen molar-refractivity contribution >= 4 is 11.8 Å². The highest BCUT2D eigenvalue weighted by atomic mass is 16.5. The largest absolute Gasteiger partial charge is 0.507 e. The van der Waals surface area contributed by atoms with Crippen LogP contribution in [0.15, 0.2) is 78.9 Å². The molecular weight excluding hydrogens is 344 g/mol.